The monoisotopic (exact) mass is 285 g/mol. The van der Waals surface area contributed by atoms with Crippen molar-refractivity contribution in [2.75, 3.05) is 0 Å². The van der Waals surface area contributed by atoms with Crippen molar-refractivity contribution in [2.45, 2.75) is 19.9 Å². The molecule has 2 aromatic heterocycles. The molecule has 2 N–H and O–H groups in total. The van der Waals surface area contributed by atoms with Gasteiger partial charge in [0, 0.05) is 19.8 Å². The van der Waals surface area contributed by atoms with Crippen LogP contribution in [0.3, 0.4) is 0 Å². The Kier molecular flexibility index (Phi) is 3.00. The third kappa shape index (κ3) is 2.17. The molecule has 0 aliphatic heterocycles. The Balaban J connectivity index is 2.31. The largest absolute Gasteiger partial charge is 0.469 e. The lowest BCUT2D eigenvalue weighted by atomic mass is 10.1. The van der Waals surface area contributed by atoms with Crippen LogP contribution in [0.15, 0.2) is 27.3 Å². The summed E-state index contributed by atoms with van der Waals surface area (Å²) in [4.78, 5) is 2.40. The molecule has 2 nitrogen and oxygen atoms in total. The van der Waals surface area contributed by atoms with Gasteiger partial charge in [0.1, 0.15) is 5.76 Å². The molecule has 2 heterocycles. The van der Waals surface area contributed by atoms with Gasteiger partial charge in [0.25, 0.3) is 0 Å². The minimum Gasteiger partial charge on any atom is -0.469 e. The summed E-state index contributed by atoms with van der Waals surface area (Å²) in [6.45, 7) is 4.00. The van der Waals surface area contributed by atoms with Gasteiger partial charge in [0.2, 0.25) is 0 Å². The Morgan fingerprint density at radius 3 is 2.60 bits per heavy atom. The highest BCUT2D eigenvalue weighted by atomic mass is 79.9. The van der Waals surface area contributed by atoms with Gasteiger partial charge in [0.05, 0.1) is 12.3 Å². The van der Waals surface area contributed by atoms with Crippen molar-refractivity contribution in [2.24, 2.45) is 5.73 Å². The second kappa shape index (κ2) is 4.12. The molecule has 0 saturated heterocycles. The van der Waals surface area contributed by atoms with E-state index in [1.54, 1.807) is 17.6 Å². The minimum atomic E-state index is -0.0857. The molecule has 2 rings (SSSR count). The average molecular weight is 286 g/mol. The Hall–Kier alpha value is -0.580. The number of thiophene rings is 1. The summed E-state index contributed by atoms with van der Waals surface area (Å²) in [5.74, 6) is 0.896. The van der Waals surface area contributed by atoms with Crippen molar-refractivity contribution >= 4 is 27.3 Å². The van der Waals surface area contributed by atoms with E-state index in [2.05, 4.69) is 28.9 Å². The van der Waals surface area contributed by atoms with Crippen LogP contribution >= 0.6 is 27.3 Å². The van der Waals surface area contributed by atoms with Crippen molar-refractivity contribution in [1.29, 1.82) is 0 Å². The van der Waals surface area contributed by atoms with E-state index in [-0.39, 0.29) is 6.04 Å². The normalized spacial score (nSPS) is 13.1. The van der Waals surface area contributed by atoms with Crippen LogP contribution in [0, 0.1) is 13.8 Å². The lowest BCUT2D eigenvalue weighted by Gasteiger charge is -2.05. The highest BCUT2D eigenvalue weighted by Crippen LogP contribution is 2.32. The van der Waals surface area contributed by atoms with E-state index in [0.717, 1.165) is 20.7 Å². The highest BCUT2D eigenvalue weighted by molar-refractivity contribution is 9.10. The van der Waals surface area contributed by atoms with E-state index in [0.29, 0.717) is 0 Å². The van der Waals surface area contributed by atoms with Gasteiger partial charge in [-0.15, -0.1) is 11.3 Å². The lowest BCUT2D eigenvalue weighted by Crippen LogP contribution is -2.08. The molecule has 2 aromatic rings. The number of aryl methyl sites for hydroxylation is 2. The molecule has 0 aliphatic carbocycles. The van der Waals surface area contributed by atoms with Gasteiger partial charge in [-0.3, -0.25) is 0 Å². The summed E-state index contributed by atoms with van der Waals surface area (Å²) in [7, 11) is 0. The first kappa shape index (κ1) is 10.9. The molecular formula is C11H12BrNOS. The van der Waals surface area contributed by atoms with Gasteiger partial charge >= 0.3 is 0 Å². The number of halogens is 1. The molecule has 0 aliphatic rings. The Labute approximate surface area is 101 Å². The quantitative estimate of drug-likeness (QED) is 0.912. The second-order valence-corrected chi connectivity index (χ2v) is 5.66. The summed E-state index contributed by atoms with van der Waals surface area (Å²) in [5.41, 5.74) is 7.17. The van der Waals surface area contributed by atoms with Crippen LogP contribution in [0.5, 0.6) is 0 Å². The molecule has 0 amide bonds. The summed E-state index contributed by atoms with van der Waals surface area (Å²) in [6, 6.07) is 3.97. The predicted octanol–water partition coefficient (Wildman–Crippen LogP) is 3.77. The zero-order valence-corrected chi connectivity index (χ0v) is 11.0. The van der Waals surface area contributed by atoms with E-state index < -0.39 is 0 Å². The van der Waals surface area contributed by atoms with Crippen LogP contribution in [0.2, 0.25) is 0 Å². The molecule has 0 radical (unpaired) electrons. The van der Waals surface area contributed by atoms with E-state index in [1.165, 1.54) is 4.88 Å². The average Bonchev–Trinajstić information content (AvgIpc) is 2.74. The van der Waals surface area contributed by atoms with Crippen molar-refractivity contribution in [3.8, 4) is 0 Å². The van der Waals surface area contributed by atoms with Gasteiger partial charge in [-0.2, -0.15) is 0 Å². The van der Waals surface area contributed by atoms with Crippen LogP contribution < -0.4 is 5.73 Å². The summed E-state index contributed by atoms with van der Waals surface area (Å²) < 4.78 is 6.38. The molecule has 80 valence electrons. The smallest absolute Gasteiger partial charge is 0.101 e. The molecule has 15 heavy (non-hydrogen) atoms. The third-order valence-corrected chi connectivity index (χ3v) is 4.51. The number of hydrogen-bond donors (Lipinski definition) is 1. The summed E-state index contributed by atoms with van der Waals surface area (Å²) in [5, 5.41) is 0. The Morgan fingerprint density at radius 2 is 2.13 bits per heavy atom. The number of hydrogen-bond acceptors (Lipinski definition) is 3. The molecule has 0 saturated carbocycles. The maximum atomic E-state index is 6.14. The lowest BCUT2D eigenvalue weighted by molar-refractivity contribution is 0.530. The zero-order chi connectivity index (χ0) is 11.0. The van der Waals surface area contributed by atoms with Gasteiger partial charge < -0.3 is 10.2 Å². The SMILES string of the molecule is Cc1cc(C(N)c2cc(Br)c(C)s2)co1. The van der Waals surface area contributed by atoms with Crippen LogP contribution in [-0.4, -0.2) is 0 Å². The standard InChI is InChI=1S/C11H12BrNOS/c1-6-3-8(5-14-6)11(13)10-4-9(12)7(2)15-10/h3-5,11H,13H2,1-2H3. The first-order valence-electron chi connectivity index (χ1n) is 4.64. The molecule has 4 heteroatoms. The van der Waals surface area contributed by atoms with Gasteiger partial charge in [-0.1, -0.05) is 0 Å². The fourth-order valence-corrected chi connectivity index (χ4v) is 3.02. The maximum Gasteiger partial charge on any atom is 0.101 e. The predicted molar refractivity (Wildman–Crippen MR) is 66.2 cm³/mol. The molecule has 1 unspecified atom stereocenters. The van der Waals surface area contributed by atoms with Crippen LogP contribution in [0.25, 0.3) is 0 Å². The molecule has 0 aromatic carbocycles. The van der Waals surface area contributed by atoms with Crippen LogP contribution in [-0.2, 0) is 0 Å². The Morgan fingerprint density at radius 1 is 1.40 bits per heavy atom. The van der Waals surface area contributed by atoms with E-state index in [9.17, 15) is 0 Å². The first-order valence-corrected chi connectivity index (χ1v) is 6.25. The molecule has 1 atom stereocenters. The van der Waals surface area contributed by atoms with E-state index >= 15 is 0 Å². The van der Waals surface area contributed by atoms with Gasteiger partial charge in [-0.25, -0.2) is 0 Å². The summed E-state index contributed by atoms with van der Waals surface area (Å²) in [6.07, 6.45) is 1.73. The zero-order valence-electron chi connectivity index (χ0n) is 8.58. The van der Waals surface area contributed by atoms with Crippen molar-refractivity contribution in [3.05, 3.63) is 43.9 Å². The number of furan rings is 1. The number of nitrogens with two attached hydrogens (primary N) is 1. The van der Waals surface area contributed by atoms with Crippen LogP contribution in [0.4, 0.5) is 0 Å². The van der Waals surface area contributed by atoms with Crippen molar-refractivity contribution in [1.82, 2.24) is 0 Å². The molecule has 0 bridgehead atoms. The minimum absolute atomic E-state index is 0.0857. The van der Waals surface area contributed by atoms with Gasteiger partial charge in [-0.05, 0) is 41.9 Å². The fourth-order valence-electron chi connectivity index (χ4n) is 1.43. The topological polar surface area (TPSA) is 39.2 Å². The van der Waals surface area contributed by atoms with E-state index in [4.69, 9.17) is 10.2 Å². The van der Waals surface area contributed by atoms with Crippen molar-refractivity contribution in [3.63, 3.8) is 0 Å². The maximum absolute atomic E-state index is 6.14. The molecule has 0 fully saturated rings. The molecular weight excluding hydrogens is 274 g/mol. The summed E-state index contributed by atoms with van der Waals surface area (Å²) >= 11 is 5.21. The highest BCUT2D eigenvalue weighted by Gasteiger charge is 2.14. The Bertz CT molecular complexity index is 455. The van der Waals surface area contributed by atoms with Crippen LogP contribution in [0.1, 0.15) is 27.1 Å². The second-order valence-electron chi connectivity index (χ2n) is 3.52. The third-order valence-electron chi connectivity index (χ3n) is 2.29. The van der Waals surface area contributed by atoms with E-state index in [1.807, 2.05) is 13.0 Å². The first-order chi connectivity index (χ1) is 7.08. The molecule has 0 spiro atoms. The van der Waals surface area contributed by atoms with Gasteiger partial charge in [0.15, 0.2) is 0 Å². The fraction of sp³-hybridized carbons (Fsp3) is 0.273. The number of rotatable bonds is 2. The van der Waals surface area contributed by atoms with Crippen molar-refractivity contribution < 1.29 is 4.42 Å².